The highest BCUT2D eigenvalue weighted by Crippen LogP contribution is 2.47. The SMILES string of the molecule is CC[C@H]1CN(C(=O)O)[C@H](c2ccc(-n3c(Cl)cc4c(=O)n(CC5(O)CCN(C(=O)C6(C)CC6)CC5)cnc43)cc2)CO1. The van der Waals surface area contributed by atoms with Crippen molar-refractivity contribution >= 4 is 34.6 Å². The number of morpholine rings is 1. The van der Waals surface area contributed by atoms with Gasteiger partial charge in [0.1, 0.15) is 11.5 Å². The minimum atomic E-state index is -1.12. The van der Waals surface area contributed by atoms with Gasteiger partial charge in [0.15, 0.2) is 5.65 Å². The van der Waals surface area contributed by atoms with E-state index in [0.29, 0.717) is 54.3 Å². The number of carboxylic acid groups (broad SMARTS) is 1. The van der Waals surface area contributed by atoms with Crippen molar-refractivity contribution in [3.8, 4) is 5.69 Å². The molecular formula is C30H36ClN5O6. The normalized spacial score (nSPS) is 23.2. The fraction of sp³-hybridized carbons (Fsp3) is 0.533. The van der Waals surface area contributed by atoms with Crippen molar-refractivity contribution in [3.63, 3.8) is 0 Å². The number of hydrogen-bond acceptors (Lipinski definition) is 6. The van der Waals surface area contributed by atoms with Crippen LogP contribution in [-0.2, 0) is 16.1 Å². The van der Waals surface area contributed by atoms with Crippen molar-refractivity contribution in [3.05, 3.63) is 57.7 Å². The molecule has 2 aromatic heterocycles. The molecule has 1 saturated carbocycles. The average molecular weight is 598 g/mol. The van der Waals surface area contributed by atoms with E-state index in [-0.39, 0.29) is 36.1 Å². The van der Waals surface area contributed by atoms with Crippen LogP contribution in [0, 0.1) is 5.41 Å². The Labute approximate surface area is 248 Å². The van der Waals surface area contributed by atoms with Gasteiger partial charge in [0.05, 0.1) is 42.8 Å². The summed E-state index contributed by atoms with van der Waals surface area (Å²) in [5.74, 6) is 0.158. The minimum Gasteiger partial charge on any atom is -0.465 e. The summed E-state index contributed by atoms with van der Waals surface area (Å²) in [6.07, 6.45) is 3.67. The number of hydrogen-bond donors (Lipinski definition) is 2. The minimum absolute atomic E-state index is 0.0774. The van der Waals surface area contributed by atoms with Gasteiger partial charge in [-0.2, -0.15) is 0 Å². The molecule has 0 radical (unpaired) electrons. The molecule has 2 atom stereocenters. The van der Waals surface area contributed by atoms with Crippen LogP contribution in [-0.4, -0.2) is 84.1 Å². The second-order valence-corrected chi connectivity index (χ2v) is 12.6. The Morgan fingerprint density at radius 3 is 2.45 bits per heavy atom. The third-order valence-electron chi connectivity index (χ3n) is 9.21. The van der Waals surface area contributed by atoms with E-state index in [1.165, 1.54) is 15.8 Å². The lowest BCUT2D eigenvalue weighted by atomic mass is 9.90. The zero-order valence-corrected chi connectivity index (χ0v) is 24.6. The largest absolute Gasteiger partial charge is 0.465 e. The first-order valence-electron chi connectivity index (χ1n) is 14.5. The van der Waals surface area contributed by atoms with E-state index in [2.05, 4.69) is 4.98 Å². The molecule has 4 heterocycles. The maximum Gasteiger partial charge on any atom is 0.407 e. The molecule has 3 fully saturated rings. The topological polar surface area (TPSA) is 130 Å². The van der Waals surface area contributed by atoms with E-state index >= 15 is 0 Å². The number of aliphatic hydroxyl groups is 1. The van der Waals surface area contributed by atoms with Gasteiger partial charge in [-0.1, -0.05) is 37.6 Å². The number of likely N-dealkylation sites (tertiary alicyclic amines) is 1. The van der Waals surface area contributed by atoms with Gasteiger partial charge in [-0.05, 0) is 55.9 Å². The number of halogens is 1. The predicted octanol–water partition coefficient (Wildman–Crippen LogP) is 3.82. The lowest BCUT2D eigenvalue weighted by Gasteiger charge is -2.39. The molecule has 12 heteroatoms. The number of amides is 2. The number of piperidine rings is 1. The van der Waals surface area contributed by atoms with Crippen molar-refractivity contribution in [1.82, 2.24) is 23.9 Å². The van der Waals surface area contributed by atoms with Crippen molar-refractivity contribution in [2.75, 3.05) is 26.2 Å². The van der Waals surface area contributed by atoms with Crippen LogP contribution in [0.2, 0.25) is 5.15 Å². The molecule has 1 aromatic carbocycles. The molecular weight excluding hydrogens is 562 g/mol. The van der Waals surface area contributed by atoms with Gasteiger partial charge in [-0.25, -0.2) is 9.78 Å². The number of carbonyl (C=O) groups excluding carboxylic acids is 1. The highest BCUT2D eigenvalue weighted by atomic mass is 35.5. The Bertz CT molecular complexity index is 1570. The van der Waals surface area contributed by atoms with E-state index in [4.69, 9.17) is 16.3 Å². The lowest BCUT2D eigenvalue weighted by molar-refractivity contribution is -0.141. The predicted molar refractivity (Wildman–Crippen MR) is 156 cm³/mol. The van der Waals surface area contributed by atoms with Crippen LogP contribution in [0.1, 0.15) is 57.6 Å². The highest BCUT2D eigenvalue weighted by molar-refractivity contribution is 6.31. The number of nitrogens with zero attached hydrogens (tertiary/aromatic N) is 5. The molecule has 0 unspecified atom stereocenters. The molecule has 1 aliphatic carbocycles. The summed E-state index contributed by atoms with van der Waals surface area (Å²) >= 11 is 6.60. The molecule has 0 spiro atoms. The van der Waals surface area contributed by atoms with Crippen LogP contribution in [0.25, 0.3) is 16.7 Å². The Kier molecular flexibility index (Phi) is 7.31. The third kappa shape index (κ3) is 5.18. The summed E-state index contributed by atoms with van der Waals surface area (Å²) in [5.41, 5.74) is 0.191. The number of carbonyl (C=O) groups is 2. The molecule has 2 N–H and O–H groups in total. The third-order valence-corrected chi connectivity index (χ3v) is 9.48. The molecule has 0 bridgehead atoms. The molecule has 3 aromatic rings. The Morgan fingerprint density at radius 2 is 1.83 bits per heavy atom. The second kappa shape index (κ2) is 10.7. The molecule has 3 aliphatic rings. The van der Waals surface area contributed by atoms with E-state index < -0.39 is 17.7 Å². The van der Waals surface area contributed by atoms with Crippen LogP contribution in [0.4, 0.5) is 4.79 Å². The first-order chi connectivity index (χ1) is 20.0. The smallest absolute Gasteiger partial charge is 0.407 e. The molecule has 11 nitrogen and oxygen atoms in total. The van der Waals surface area contributed by atoms with Gasteiger partial charge in [0.25, 0.3) is 5.56 Å². The summed E-state index contributed by atoms with van der Waals surface area (Å²) in [5, 5.41) is 21.7. The Morgan fingerprint density at radius 1 is 1.14 bits per heavy atom. The molecule has 42 heavy (non-hydrogen) atoms. The van der Waals surface area contributed by atoms with Crippen molar-refractivity contribution in [2.45, 2.75) is 70.2 Å². The zero-order chi connectivity index (χ0) is 29.8. The molecule has 2 aliphatic heterocycles. The summed E-state index contributed by atoms with van der Waals surface area (Å²) in [4.78, 5) is 45.9. The first kappa shape index (κ1) is 28.7. The van der Waals surface area contributed by atoms with E-state index in [1.54, 1.807) is 10.6 Å². The van der Waals surface area contributed by atoms with Gasteiger partial charge in [-0.15, -0.1) is 0 Å². The quantitative estimate of drug-likeness (QED) is 0.442. The van der Waals surface area contributed by atoms with Gasteiger partial charge in [0, 0.05) is 24.2 Å². The summed E-state index contributed by atoms with van der Waals surface area (Å²) in [6, 6.07) is 8.47. The average Bonchev–Trinajstić information content (AvgIpc) is 3.65. The maximum atomic E-state index is 13.5. The van der Waals surface area contributed by atoms with Crippen LogP contribution < -0.4 is 5.56 Å². The van der Waals surface area contributed by atoms with E-state index in [1.807, 2.05) is 43.0 Å². The monoisotopic (exact) mass is 597 g/mol. The summed E-state index contributed by atoms with van der Waals surface area (Å²) < 4.78 is 8.94. The zero-order valence-electron chi connectivity index (χ0n) is 23.8. The van der Waals surface area contributed by atoms with Crippen LogP contribution >= 0.6 is 11.6 Å². The number of ether oxygens (including phenoxy) is 1. The highest BCUT2D eigenvalue weighted by Gasteiger charge is 2.48. The molecule has 224 valence electrons. The van der Waals surface area contributed by atoms with Gasteiger partial charge in [0.2, 0.25) is 5.91 Å². The van der Waals surface area contributed by atoms with E-state index in [0.717, 1.165) is 24.8 Å². The van der Waals surface area contributed by atoms with Gasteiger partial charge in [-0.3, -0.25) is 23.6 Å². The van der Waals surface area contributed by atoms with Crippen LogP contribution in [0.3, 0.4) is 0 Å². The first-order valence-corrected chi connectivity index (χ1v) is 14.9. The number of rotatable bonds is 6. The van der Waals surface area contributed by atoms with Crippen molar-refractivity contribution < 1.29 is 24.5 Å². The fourth-order valence-corrected chi connectivity index (χ4v) is 6.41. The van der Waals surface area contributed by atoms with Crippen molar-refractivity contribution in [1.29, 1.82) is 0 Å². The number of benzene rings is 1. The number of aromatic nitrogens is 3. The second-order valence-electron chi connectivity index (χ2n) is 12.2. The van der Waals surface area contributed by atoms with Crippen LogP contribution in [0.15, 0.2) is 41.5 Å². The summed E-state index contributed by atoms with van der Waals surface area (Å²) in [7, 11) is 0. The maximum absolute atomic E-state index is 13.5. The van der Waals surface area contributed by atoms with Gasteiger partial charge < -0.3 is 19.8 Å². The molecule has 2 saturated heterocycles. The van der Waals surface area contributed by atoms with Crippen LogP contribution in [0.5, 0.6) is 0 Å². The molecule has 2 amide bonds. The van der Waals surface area contributed by atoms with Gasteiger partial charge >= 0.3 is 6.09 Å². The van der Waals surface area contributed by atoms with Crippen molar-refractivity contribution in [2.24, 2.45) is 5.41 Å². The fourth-order valence-electron chi connectivity index (χ4n) is 6.13. The van der Waals surface area contributed by atoms with E-state index in [9.17, 15) is 24.6 Å². The summed E-state index contributed by atoms with van der Waals surface area (Å²) in [6.45, 7) is 5.55. The lowest BCUT2D eigenvalue weighted by Crippen LogP contribution is -2.51. The number of fused-ring (bicyclic) bond motifs is 1. The Hall–Kier alpha value is -3.41. The standard InChI is InChI=1S/C30H36ClN5O6/c1-3-21-15-35(28(39)40)23(16-42-21)19-4-6-20(7-5-19)36-24(31)14-22-25(36)32-18-34(26(22)37)17-30(41)10-12-33(13-11-30)27(38)29(2)8-9-29/h4-7,14,18,21,23,41H,3,8-13,15-17H2,1-2H3,(H,39,40)/t21-,23-/m0/s1. The molecule has 6 rings (SSSR count). The Balaban J connectivity index is 1.20.